The van der Waals surface area contributed by atoms with Gasteiger partial charge in [0.2, 0.25) is 0 Å². The van der Waals surface area contributed by atoms with E-state index in [4.69, 9.17) is 9.05 Å². The Morgan fingerprint density at radius 3 is 2.08 bits per heavy atom. The summed E-state index contributed by atoms with van der Waals surface area (Å²) in [5.74, 6) is 1.73. The number of rotatable bonds is 18. The molecule has 2 nitrogen and oxygen atoms in total. The van der Waals surface area contributed by atoms with Crippen molar-refractivity contribution in [2.45, 2.75) is 129 Å². The van der Waals surface area contributed by atoms with E-state index >= 15 is 0 Å². The lowest BCUT2D eigenvalue weighted by Gasteiger charge is -2.40. The van der Waals surface area contributed by atoms with Crippen molar-refractivity contribution in [1.82, 2.24) is 0 Å². The van der Waals surface area contributed by atoms with Gasteiger partial charge in [0, 0.05) is 5.56 Å². The van der Waals surface area contributed by atoms with Crippen LogP contribution < -0.4 is 9.05 Å². The van der Waals surface area contributed by atoms with Crippen molar-refractivity contribution >= 4 is 8.69 Å². The molecule has 0 amide bonds. The highest BCUT2D eigenvalue weighted by atomic mass is 31.2. The van der Waals surface area contributed by atoms with Crippen molar-refractivity contribution in [3.63, 3.8) is 0 Å². The Morgan fingerprint density at radius 1 is 0.784 bits per heavy atom. The average molecular weight is 529 g/mol. The molecule has 2 aromatic carbocycles. The maximum atomic E-state index is 15.0. The van der Waals surface area contributed by atoms with Crippen molar-refractivity contribution < 1.29 is 13.2 Å². The Labute approximate surface area is 227 Å². The summed E-state index contributed by atoms with van der Waals surface area (Å²) in [5, 5.41) is 0. The lowest BCUT2D eigenvalue weighted by atomic mass is 9.65. The van der Waals surface area contributed by atoms with E-state index in [1.165, 1.54) is 94.6 Å². The number of fused-ring (bicyclic) bond motifs is 2. The molecule has 2 bridgehead atoms. The molecule has 1 aliphatic rings. The van der Waals surface area contributed by atoms with Gasteiger partial charge in [0.25, 0.3) is 0 Å². The molecule has 0 fully saturated rings. The second-order valence-corrected chi connectivity index (χ2v) is 12.4. The summed E-state index contributed by atoms with van der Waals surface area (Å²) < 4.78 is 26.3. The third-order valence-electron chi connectivity index (χ3n) is 8.24. The second-order valence-electron chi connectivity index (χ2n) is 11.6. The summed E-state index contributed by atoms with van der Waals surface area (Å²) in [6.07, 6.45) is 19.1. The lowest BCUT2D eigenvalue weighted by Crippen LogP contribution is -2.34. The standard InChI is InChI=1S/C33H50FO2P/c1-5-7-9-11-12-14-15-17-27-19-22-30(23-20-27)35-37(34)36-32-24-21-28-25-29(18-16-13-10-8-6-2)33(3,4)31(32)26-28/h19-24,26,29H,5-18,25H2,1-4H3. The smallest absolute Gasteiger partial charge is 0.415 e. The van der Waals surface area contributed by atoms with Gasteiger partial charge in [-0.25, -0.2) is 0 Å². The molecule has 2 unspecified atom stereocenters. The number of halogens is 1. The van der Waals surface area contributed by atoms with E-state index in [0.717, 1.165) is 18.4 Å². The van der Waals surface area contributed by atoms with Gasteiger partial charge in [-0.1, -0.05) is 123 Å². The van der Waals surface area contributed by atoms with E-state index < -0.39 is 8.69 Å². The molecular formula is C33H50FO2P. The summed E-state index contributed by atoms with van der Waals surface area (Å²) in [4.78, 5) is 0. The third kappa shape index (κ3) is 9.58. The first kappa shape index (κ1) is 29.9. The molecule has 4 heteroatoms. The summed E-state index contributed by atoms with van der Waals surface area (Å²) in [7, 11) is -2.55. The van der Waals surface area contributed by atoms with Crippen LogP contribution >= 0.6 is 8.69 Å². The van der Waals surface area contributed by atoms with Gasteiger partial charge in [0.05, 0.1) is 0 Å². The van der Waals surface area contributed by atoms with Gasteiger partial charge in [0.15, 0.2) is 0 Å². The summed E-state index contributed by atoms with van der Waals surface area (Å²) in [6.45, 7) is 9.10. The number of unbranched alkanes of at least 4 members (excludes halogenated alkanes) is 10. The summed E-state index contributed by atoms with van der Waals surface area (Å²) in [6, 6.07) is 14.1. The quantitative estimate of drug-likeness (QED) is 0.141. The Bertz CT molecular complexity index is 911. The molecule has 1 aliphatic carbocycles. The topological polar surface area (TPSA) is 18.5 Å². The van der Waals surface area contributed by atoms with Crippen LogP contribution in [0.25, 0.3) is 0 Å². The van der Waals surface area contributed by atoms with E-state index in [-0.39, 0.29) is 5.41 Å². The maximum absolute atomic E-state index is 15.0. The van der Waals surface area contributed by atoms with Crippen molar-refractivity contribution in [2.75, 3.05) is 0 Å². The number of aryl methyl sites for hydroxylation is 1. The van der Waals surface area contributed by atoms with E-state index in [2.05, 4.69) is 52.0 Å². The molecule has 206 valence electrons. The molecule has 0 saturated carbocycles. The fourth-order valence-corrected chi connectivity index (χ4v) is 6.32. The van der Waals surface area contributed by atoms with Crippen molar-refractivity contribution in [1.29, 1.82) is 0 Å². The molecule has 0 aromatic heterocycles. The van der Waals surface area contributed by atoms with E-state index in [0.29, 0.717) is 17.4 Å². The predicted octanol–water partition coefficient (Wildman–Crippen LogP) is 11.4. The highest BCUT2D eigenvalue weighted by molar-refractivity contribution is 7.42. The fraction of sp³-hybridized carbons (Fsp3) is 0.636. The van der Waals surface area contributed by atoms with Crippen LogP contribution in [0.2, 0.25) is 0 Å². The molecular weight excluding hydrogens is 478 g/mol. The first-order chi connectivity index (χ1) is 17.9. The molecule has 2 atom stereocenters. The molecule has 0 N–H and O–H groups in total. The van der Waals surface area contributed by atoms with Crippen molar-refractivity contribution in [2.24, 2.45) is 5.92 Å². The van der Waals surface area contributed by atoms with Gasteiger partial charge in [-0.05, 0) is 66.3 Å². The van der Waals surface area contributed by atoms with Crippen LogP contribution in [0.4, 0.5) is 4.20 Å². The first-order valence-electron chi connectivity index (χ1n) is 15.0. The average Bonchev–Trinajstić information content (AvgIpc) is 2.88. The minimum atomic E-state index is -2.55. The zero-order chi connectivity index (χ0) is 26.5. The van der Waals surface area contributed by atoms with Gasteiger partial charge in [-0.2, -0.15) is 0 Å². The highest BCUT2D eigenvalue weighted by Crippen LogP contribution is 2.50. The Kier molecular flexibility index (Phi) is 12.7. The Balaban J connectivity index is 1.48. The number of hydrogen-bond acceptors (Lipinski definition) is 2. The number of hydrogen-bond donors (Lipinski definition) is 0. The largest absolute Gasteiger partial charge is 0.505 e. The third-order valence-corrected chi connectivity index (χ3v) is 8.93. The highest BCUT2D eigenvalue weighted by Gasteiger charge is 2.37. The predicted molar refractivity (Wildman–Crippen MR) is 157 cm³/mol. The monoisotopic (exact) mass is 528 g/mol. The molecule has 0 radical (unpaired) electrons. The van der Waals surface area contributed by atoms with Gasteiger partial charge in [-0.15, -0.1) is 4.20 Å². The van der Waals surface area contributed by atoms with Crippen LogP contribution in [0, 0.1) is 5.92 Å². The normalized spacial score (nSPS) is 16.9. The molecule has 0 heterocycles. The van der Waals surface area contributed by atoms with E-state index in [1.807, 2.05) is 18.2 Å². The fourth-order valence-electron chi connectivity index (χ4n) is 5.69. The second kappa shape index (κ2) is 15.7. The van der Waals surface area contributed by atoms with Crippen LogP contribution in [-0.2, 0) is 18.3 Å². The van der Waals surface area contributed by atoms with Crippen LogP contribution in [0.3, 0.4) is 0 Å². The Morgan fingerprint density at radius 2 is 1.41 bits per heavy atom. The van der Waals surface area contributed by atoms with Gasteiger partial charge < -0.3 is 9.05 Å². The van der Waals surface area contributed by atoms with Crippen LogP contribution in [0.1, 0.15) is 128 Å². The maximum Gasteiger partial charge on any atom is 0.505 e. The zero-order valence-electron chi connectivity index (χ0n) is 23.9. The van der Waals surface area contributed by atoms with Crippen molar-refractivity contribution in [3.8, 4) is 11.5 Å². The van der Waals surface area contributed by atoms with Crippen LogP contribution in [0.5, 0.6) is 11.5 Å². The molecule has 3 rings (SSSR count). The van der Waals surface area contributed by atoms with E-state index in [9.17, 15) is 4.20 Å². The zero-order valence-corrected chi connectivity index (χ0v) is 24.8. The molecule has 2 aromatic rings. The van der Waals surface area contributed by atoms with Crippen molar-refractivity contribution in [3.05, 3.63) is 59.2 Å². The molecule has 0 aliphatic heterocycles. The van der Waals surface area contributed by atoms with Crippen LogP contribution in [-0.4, -0.2) is 0 Å². The SMILES string of the molecule is CCCCCCCCCc1ccc(OP(F)Oc2ccc3cc2C(C)(C)C(CCCCCCC)C3)cc1. The number of benzene rings is 2. The molecule has 0 spiro atoms. The van der Waals surface area contributed by atoms with E-state index in [1.54, 1.807) is 0 Å². The summed E-state index contributed by atoms with van der Waals surface area (Å²) >= 11 is 0. The van der Waals surface area contributed by atoms with Gasteiger partial charge in [0.1, 0.15) is 11.5 Å². The van der Waals surface area contributed by atoms with Gasteiger partial charge >= 0.3 is 8.69 Å². The Hall–Kier alpha value is -1.60. The van der Waals surface area contributed by atoms with Gasteiger partial charge in [-0.3, -0.25) is 0 Å². The molecule has 37 heavy (non-hydrogen) atoms. The minimum absolute atomic E-state index is 0.0395. The molecule has 0 saturated heterocycles. The lowest BCUT2D eigenvalue weighted by molar-refractivity contribution is 0.271. The first-order valence-corrected chi connectivity index (χ1v) is 16.0. The van der Waals surface area contributed by atoms with Crippen LogP contribution in [0.15, 0.2) is 42.5 Å². The minimum Gasteiger partial charge on any atom is -0.415 e. The summed E-state index contributed by atoms with van der Waals surface area (Å²) in [5.41, 5.74) is 3.70.